The van der Waals surface area contributed by atoms with E-state index < -0.39 is 0 Å². The summed E-state index contributed by atoms with van der Waals surface area (Å²) in [5.74, 6) is 0.753. The number of nitrogens with one attached hydrogen (secondary N) is 1. The van der Waals surface area contributed by atoms with Gasteiger partial charge in [0.1, 0.15) is 5.75 Å². The van der Waals surface area contributed by atoms with E-state index in [2.05, 4.69) is 11.4 Å². The Hall–Kier alpha value is -1.55. The van der Waals surface area contributed by atoms with Crippen molar-refractivity contribution in [2.45, 2.75) is 32.7 Å². The highest BCUT2D eigenvalue weighted by Gasteiger charge is 2.21. The molecular formula is C15H21NO3. The second-order valence-corrected chi connectivity index (χ2v) is 4.72. The van der Waals surface area contributed by atoms with Gasteiger partial charge in [0.05, 0.1) is 19.8 Å². The number of benzene rings is 1. The molecule has 0 spiro atoms. The van der Waals surface area contributed by atoms with E-state index in [1.165, 1.54) is 0 Å². The average Bonchev–Trinajstić information content (AvgIpc) is 2.60. The maximum absolute atomic E-state index is 11.4. The molecule has 1 atom stereocenters. The SMILES string of the molecule is CCOC(=O)CNC1CCCOc2c(C)cccc21. The minimum Gasteiger partial charge on any atom is -0.493 e. The summed E-state index contributed by atoms with van der Waals surface area (Å²) < 4.78 is 10.8. The number of aryl methyl sites for hydroxylation is 1. The minimum atomic E-state index is -0.207. The van der Waals surface area contributed by atoms with Gasteiger partial charge in [0.25, 0.3) is 0 Å². The zero-order valence-electron chi connectivity index (χ0n) is 11.6. The number of carbonyl (C=O) groups excluding carboxylic acids is 1. The van der Waals surface area contributed by atoms with Gasteiger partial charge in [0, 0.05) is 11.6 Å². The predicted octanol–water partition coefficient (Wildman–Crippen LogP) is 2.36. The van der Waals surface area contributed by atoms with E-state index in [1.807, 2.05) is 26.0 Å². The molecule has 4 nitrogen and oxygen atoms in total. The normalized spacial score (nSPS) is 18.1. The first-order valence-corrected chi connectivity index (χ1v) is 6.83. The van der Waals surface area contributed by atoms with E-state index in [0.717, 1.165) is 36.3 Å². The molecule has 0 fully saturated rings. The van der Waals surface area contributed by atoms with Crippen molar-refractivity contribution >= 4 is 5.97 Å². The number of hydrogen-bond donors (Lipinski definition) is 1. The highest BCUT2D eigenvalue weighted by atomic mass is 16.5. The molecule has 1 N–H and O–H groups in total. The van der Waals surface area contributed by atoms with E-state index in [4.69, 9.17) is 9.47 Å². The molecule has 104 valence electrons. The standard InChI is InChI=1S/C15H21NO3/c1-3-18-14(17)10-16-13-8-5-9-19-15-11(2)6-4-7-12(13)15/h4,6-7,13,16H,3,5,8-10H2,1-2H3. The monoisotopic (exact) mass is 263 g/mol. The van der Waals surface area contributed by atoms with Gasteiger partial charge in [0.15, 0.2) is 0 Å². The second-order valence-electron chi connectivity index (χ2n) is 4.72. The maximum Gasteiger partial charge on any atom is 0.319 e. The summed E-state index contributed by atoms with van der Waals surface area (Å²) >= 11 is 0. The predicted molar refractivity (Wildman–Crippen MR) is 73.3 cm³/mol. The van der Waals surface area contributed by atoms with Gasteiger partial charge in [-0.2, -0.15) is 0 Å². The molecule has 19 heavy (non-hydrogen) atoms. The van der Waals surface area contributed by atoms with Crippen LogP contribution in [0.3, 0.4) is 0 Å². The zero-order valence-corrected chi connectivity index (χ0v) is 11.6. The molecule has 0 saturated carbocycles. The van der Waals surface area contributed by atoms with Gasteiger partial charge in [-0.15, -0.1) is 0 Å². The minimum absolute atomic E-state index is 0.154. The van der Waals surface area contributed by atoms with Crippen molar-refractivity contribution in [3.05, 3.63) is 29.3 Å². The molecule has 1 aliphatic heterocycles. The Morgan fingerprint density at radius 3 is 3.16 bits per heavy atom. The number of hydrogen-bond acceptors (Lipinski definition) is 4. The quantitative estimate of drug-likeness (QED) is 0.847. The molecule has 2 rings (SSSR count). The van der Waals surface area contributed by atoms with Crippen LogP contribution in [0, 0.1) is 6.92 Å². The highest BCUT2D eigenvalue weighted by Crippen LogP contribution is 2.33. The molecule has 4 heteroatoms. The summed E-state index contributed by atoms with van der Waals surface area (Å²) in [6.45, 7) is 5.26. The number of para-hydroxylation sites is 1. The van der Waals surface area contributed by atoms with Crippen molar-refractivity contribution < 1.29 is 14.3 Å². The molecule has 0 bridgehead atoms. The van der Waals surface area contributed by atoms with Gasteiger partial charge in [0.2, 0.25) is 0 Å². The van der Waals surface area contributed by atoms with Gasteiger partial charge >= 0.3 is 5.97 Å². The number of ether oxygens (including phenoxy) is 2. The molecule has 1 unspecified atom stereocenters. The Kier molecular flexibility index (Phi) is 4.80. The van der Waals surface area contributed by atoms with Crippen molar-refractivity contribution in [1.29, 1.82) is 0 Å². The van der Waals surface area contributed by atoms with E-state index >= 15 is 0 Å². The van der Waals surface area contributed by atoms with Crippen LogP contribution in [0.1, 0.15) is 36.9 Å². The van der Waals surface area contributed by atoms with Gasteiger partial charge in [-0.25, -0.2) is 0 Å². The first-order valence-electron chi connectivity index (χ1n) is 6.83. The van der Waals surface area contributed by atoms with Crippen LogP contribution in [0.25, 0.3) is 0 Å². The summed E-state index contributed by atoms with van der Waals surface area (Å²) in [4.78, 5) is 11.4. The third-order valence-electron chi connectivity index (χ3n) is 3.30. The summed E-state index contributed by atoms with van der Waals surface area (Å²) in [5.41, 5.74) is 2.28. The van der Waals surface area contributed by atoms with Crippen LogP contribution in [-0.4, -0.2) is 25.7 Å². The molecule has 1 aromatic carbocycles. The summed E-state index contributed by atoms with van der Waals surface area (Å²) in [5, 5.41) is 3.28. The van der Waals surface area contributed by atoms with Gasteiger partial charge in [-0.05, 0) is 32.3 Å². The van der Waals surface area contributed by atoms with Gasteiger partial charge in [-0.1, -0.05) is 18.2 Å². The average molecular weight is 263 g/mol. The molecule has 1 aromatic rings. The van der Waals surface area contributed by atoms with Crippen LogP contribution >= 0.6 is 0 Å². The van der Waals surface area contributed by atoms with E-state index in [1.54, 1.807) is 0 Å². The van der Waals surface area contributed by atoms with Crippen molar-refractivity contribution in [2.24, 2.45) is 0 Å². The number of carbonyl (C=O) groups is 1. The molecular weight excluding hydrogens is 242 g/mol. The lowest BCUT2D eigenvalue weighted by molar-refractivity contribution is -0.142. The second kappa shape index (κ2) is 6.57. The van der Waals surface area contributed by atoms with Crippen molar-refractivity contribution in [3.63, 3.8) is 0 Å². The topological polar surface area (TPSA) is 47.6 Å². The van der Waals surface area contributed by atoms with Crippen molar-refractivity contribution in [1.82, 2.24) is 5.32 Å². The lowest BCUT2D eigenvalue weighted by atomic mass is 10.00. The Labute approximate surface area is 114 Å². The Balaban J connectivity index is 2.09. The lowest BCUT2D eigenvalue weighted by Crippen LogP contribution is -2.28. The summed E-state index contributed by atoms with van der Waals surface area (Å²) in [6, 6.07) is 6.30. The third kappa shape index (κ3) is 3.47. The van der Waals surface area contributed by atoms with Crippen LogP contribution in [0.4, 0.5) is 0 Å². The van der Waals surface area contributed by atoms with Crippen molar-refractivity contribution in [2.75, 3.05) is 19.8 Å². The summed E-state index contributed by atoms with van der Waals surface area (Å²) in [7, 11) is 0. The van der Waals surface area contributed by atoms with Crippen LogP contribution < -0.4 is 10.1 Å². The smallest absolute Gasteiger partial charge is 0.319 e. The number of fused-ring (bicyclic) bond motifs is 1. The van der Waals surface area contributed by atoms with Crippen molar-refractivity contribution in [3.8, 4) is 5.75 Å². The fourth-order valence-electron chi connectivity index (χ4n) is 2.39. The Morgan fingerprint density at radius 2 is 2.37 bits per heavy atom. The number of esters is 1. The van der Waals surface area contributed by atoms with Gasteiger partial charge < -0.3 is 9.47 Å². The first-order chi connectivity index (χ1) is 9.22. The van der Waals surface area contributed by atoms with E-state index in [0.29, 0.717) is 6.61 Å². The first kappa shape index (κ1) is 13.9. The van der Waals surface area contributed by atoms with Crippen LogP contribution in [-0.2, 0) is 9.53 Å². The molecule has 0 aromatic heterocycles. The molecule has 1 heterocycles. The molecule has 0 aliphatic carbocycles. The largest absolute Gasteiger partial charge is 0.493 e. The Morgan fingerprint density at radius 1 is 1.53 bits per heavy atom. The Bertz CT molecular complexity index is 445. The molecule has 0 radical (unpaired) electrons. The molecule has 1 aliphatic rings. The van der Waals surface area contributed by atoms with Crippen LogP contribution in [0.15, 0.2) is 18.2 Å². The molecule has 0 amide bonds. The summed E-state index contributed by atoms with van der Waals surface area (Å²) in [6.07, 6.45) is 1.95. The third-order valence-corrected chi connectivity index (χ3v) is 3.30. The van der Waals surface area contributed by atoms with Crippen LogP contribution in [0.2, 0.25) is 0 Å². The number of rotatable bonds is 4. The fraction of sp³-hybridized carbons (Fsp3) is 0.533. The van der Waals surface area contributed by atoms with Gasteiger partial charge in [-0.3, -0.25) is 10.1 Å². The van der Waals surface area contributed by atoms with Crippen LogP contribution in [0.5, 0.6) is 5.75 Å². The fourth-order valence-corrected chi connectivity index (χ4v) is 2.39. The zero-order chi connectivity index (χ0) is 13.7. The maximum atomic E-state index is 11.4. The van der Waals surface area contributed by atoms with E-state index in [9.17, 15) is 4.79 Å². The highest BCUT2D eigenvalue weighted by molar-refractivity contribution is 5.71. The van der Waals surface area contributed by atoms with E-state index in [-0.39, 0.29) is 18.6 Å². The molecule has 0 saturated heterocycles. The lowest BCUT2D eigenvalue weighted by Gasteiger charge is -2.18.